The van der Waals surface area contributed by atoms with E-state index in [1.807, 2.05) is 29.2 Å². The van der Waals surface area contributed by atoms with Crippen molar-refractivity contribution < 1.29 is 41.8 Å². The van der Waals surface area contributed by atoms with Gasteiger partial charge in [0.25, 0.3) is 0 Å². The van der Waals surface area contributed by atoms with Crippen LogP contribution in [0.3, 0.4) is 0 Å². The SMILES string of the molecule is COC(=O)N[C@H](C(=O)N1CCC[C@H]1c1ncc(-c2ccc3cc(C#Cc4[nH]c([C@@H]5CCCN5C(=O)[C@@H](NC(=O)OC)C5CCCC5)nc4C(F)(F)F)ccc3c2)[nH]1)C1CCCC1. The maximum atomic E-state index is 14.4. The van der Waals surface area contributed by atoms with Gasteiger partial charge in [-0.2, -0.15) is 13.2 Å². The minimum absolute atomic E-state index is 0.000185. The van der Waals surface area contributed by atoms with Crippen molar-refractivity contribution in [2.75, 3.05) is 27.3 Å². The fourth-order valence-electron chi connectivity index (χ4n) is 9.83. The molecule has 62 heavy (non-hydrogen) atoms. The van der Waals surface area contributed by atoms with E-state index in [-0.39, 0.29) is 35.5 Å². The zero-order valence-corrected chi connectivity index (χ0v) is 34.8. The summed E-state index contributed by atoms with van der Waals surface area (Å²) in [5.41, 5.74) is 0.565. The van der Waals surface area contributed by atoms with Gasteiger partial charge in [-0.1, -0.05) is 49.8 Å². The number of carbonyl (C=O) groups is 4. The van der Waals surface area contributed by atoms with Crippen LogP contribution in [0.2, 0.25) is 0 Å². The van der Waals surface area contributed by atoms with Gasteiger partial charge in [0.05, 0.1) is 38.2 Å². The van der Waals surface area contributed by atoms with Gasteiger partial charge in [-0.3, -0.25) is 9.59 Å². The van der Waals surface area contributed by atoms with Gasteiger partial charge < -0.3 is 39.9 Å². The summed E-state index contributed by atoms with van der Waals surface area (Å²) in [4.78, 5) is 70.4. The van der Waals surface area contributed by atoms with Gasteiger partial charge in [0.15, 0.2) is 5.69 Å². The summed E-state index contributed by atoms with van der Waals surface area (Å²) in [5, 5.41) is 7.17. The number of H-pyrrole nitrogens is 2. The quantitative estimate of drug-likeness (QED) is 0.125. The largest absolute Gasteiger partial charge is 0.453 e. The Labute approximate surface area is 357 Å². The minimum atomic E-state index is -4.80. The van der Waals surface area contributed by atoms with E-state index in [1.165, 1.54) is 19.1 Å². The normalized spacial score (nSPS) is 20.5. The van der Waals surface area contributed by atoms with Crippen LogP contribution < -0.4 is 10.6 Å². The number of carbonyl (C=O) groups excluding carboxylic acids is 4. The van der Waals surface area contributed by atoms with Crippen molar-refractivity contribution in [2.45, 2.75) is 107 Å². The fourth-order valence-corrected chi connectivity index (χ4v) is 9.83. The van der Waals surface area contributed by atoms with Crippen LogP contribution >= 0.6 is 0 Å². The topological polar surface area (TPSA) is 175 Å². The van der Waals surface area contributed by atoms with Gasteiger partial charge in [0, 0.05) is 24.2 Å². The van der Waals surface area contributed by atoms with E-state index in [0.29, 0.717) is 37.3 Å². The first-order valence-corrected chi connectivity index (χ1v) is 21.5. The molecular formula is C45H51F3N8O6. The van der Waals surface area contributed by atoms with Crippen LogP contribution in [0.15, 0.2) is 42.6 Å². The molecule has 2 saturated carbocycles. The molecule has 8 rings (SSSR count). The second kappa shape index (κ2) is 18.1. The number of aromatic nitrogens is 4. The summed E-state index contributed by atoms with van der Waals surface area (Å²) in [5.74, 6) is 5.69. The summed E-state index contributed by atoms with van der Waals surface area (Å²) in [7, 11) is 2.51. The highest BCUT2D eigenvalue weighted by Gasteiger charge is 2.44. The molecule has 2 aliphatic carbocycles. The number of hydrogen-bond acceptors (Lipinski definition) is 8. The highest BCUT2D eigenvalue weighted by atomic mass is 19.4. The Kier molecular flexibility index (Phi) is 12.5. The maximum absolute atomic E-state index is 14.4. The molecule has 328 valence electrons. The highest BCUT2D eigenvalue weighted by Crippen LogP contribution is 2.39. The molecule has 2 aliphatic heterocycles. The van der Waals surface area contributed by atoms with Crippen LogP contribution in [0.25, 0.3) is 22.0 Å². The number of halogens is 3. The van der Waals surface area contributed by atoms with Crippen molar-refractivity contribution in [3.05, 3.63) is 71.2 Å². The Morgan fingerprint density at radius 2 is 1.27 bits per heavy atom. The third kappa shape index (κ3) is 8.96. The molecular weight excluding hydrogens is 806 g/mol. The average Bonchev–Trinajstić information content (AvgIpc) is 4.12. The first kappa shape index (κ1) is 42.6. The number of benzene rings is 2. The molecule has 14 nitrogen and oxygen atoms in total. The number of alkyl carbamates (subject to hydrolysis) is 2. The van der Waals surface area contributed by atoms with Crippen LogP contribution in [0.1, 0.15) is 118 Å². The van der Waals surface area contributed by atoms with Crippen LogP contribution in [-0.4, -0.2) is 93.1 Å². The number of methoxy groups -OCH3 is 2. The highest BCUT2D eigenvalue weighted by molar-refractivity contribution is 5.89. The lowest BCUT2D eigenvalue weighted by Gasteiger charge is -2.31. The molecule has 4 aromatic rings. The molecule has 4 heterocycles. The van der Waals surface area contributed by atoms with E-state index in [4.69, 9.17) is 9.47 Å². The summed E-state index contributed by atoms with van der Waals surface area (Å²) in [6.45, 7) is 0.877. The number of aromatic amines is 2. The Bertz CT molecular complexity index is 2370. The van der Waals surface area contributed by atoms with Crippen LogP contribution in [0, 0.1) is 23.7 Å². The predicted octanol–water partition coefficient (Wildman–Crippen LogP) is 7.53. The molecule has 4 aliphatic rings. The van der Waals surface area contributed by atoms with E-state index >= 15 is 0 Å². The molecule has 4 fully saturated rings. The lowest BCUT2D eigenvalue weighted by molar-refractivity contribution is -0.141. The lowest BCUT2D eigenvalue weighted by atomic mass is 9.96. The van der Waals surface area contributed by atoms with E-state index in [0.717, 1.165) is 86.2 Å². The van der Waals surface area contributed by atoms with E-state index in [2.05, 4.69) is 42.4 Å². The summed E-state index contributed by atoms with van der Waals surface area (Å²) in [6.07, 6.45) is 5.22. The van der Waals surface area contributed by atoms with E-state index in [1.54, 1.807) is 18.3 Å². The van der Waals surface area contributed by atoms with Crippen molar-refractivity contribution >= 4 is 34.8 Å². The van der Waals surface area contributed by atoms with Gasteiger partial charge in [-0.05, 0) is 98.1 Å². The minimum Gasteiger partial charge on any atom is -0.453 e. The van der Waals surface area contributed by atoms with Crippen molar-refractivity contribution in [1.29, 1.82) is 0 Å². The van der Waals surface area contributed by atoms with Gasteiger partial charge in [0.2, 0.25) is 11.8 Å². The van der Waals surface area contributed by atoms with Crippen LogP contribution in [0.5, 0.6) is 0 Å². The average molecular weight is 857 g/mol. The van der Waals surface area contributed by atoms with E-state index in [9.17, 15) is 32.3 Å². The molecule has 4 atom stereocenters. The smallest absolute Gasteiger partial charge is 0.436 e. The fraction of sp³-hybridized carbons (Fsp3) is 0.511. The standard InChI is InChI=1S/C45H51F3N8O6/c1-61-43(59)52-36(27-9-3-4-10-27)41(57)55-21-7-13-34(55)39-49-25-33(51-39)31-19-18-29-23-26(15-17-30(29)24-31)16-20-32-38(45(46,47)48)54-40(50-32)35-14-8-22-56(35)42(58)37(53-44(60)62-2)28-11-5-6-12-28/h15,17-19,23-25,27-28,34-37H,3-14,21-22H2,1-2H3,(H,49,51)(H,50,54)(H,52,59)(H,53,60)/t34-,35-,36-,37-/m0/s1. The summed E-state index contributed by atoms with van der Waals surface area (Å²) in [6, 6.07) is 8.68. The molecule has 0 radical (unpaired) electrons. The number of ether oxygens (including phenoxy) is 2. The summed E-state index contributed by atoms with van der Waals surface area (Å²) >= 11 is 0. The molecule has 2 saturated heterocycles. The van der Waals surface area contributed by atoms with Crippen molar-refractivity contribution in [1.82, 2.24) is 40.4 Å². The number of rotatable bonds is 9. The van der Waals surface area contributed by atoms with Gasteiger partial charge in [-0.15, -0.1) is 0 Å². The Morgan fingerprint density at radius 3 is 1.84 bits per heavy atom. The van der Waals surface area contributed by atoms with Gasteiger partial charge >= 0.3 is 18.4 Å². The lowest BCUT2D eigenvalue weighted by Crippen LogP contribution is -2.51. The maximum Gasteiger partial charge on any atom is 0.436 e. The second-order valence-corrected chi connectivity index (χ2v) is 16.7. The molecule has 4 N–H and O–H groups in total. The second-order valence-electron chi connectivity index (χ2n) is 16.7. The Hall–Kier alpha value is -6.05. The monoisotopic (exact) mass is 856 g/mol. The Balaban J connectivity index is 0.987. The van der Waals surface area contributed by atoms with Crippen molar-refractivity contribution in [3.63, 3.8) is 0 Å². The number of likely N-dealkylation sites (tertiary alicyclic amines) is 2. The Morgan fingerprint density at radius 1 is 0.726 bits per heavy atom. The molecule has 0 unspecified atom stereocenters. The van der Waals surface area contributed by atoms with Gasteiger partial charge in [0.1, 0.15) is 29.4 Å². The zero-order chi connectivity index (χ0) is 43.5. The number of imidazole rings is 2. The number of nitrogens with zero attached hydrogens (tertiary/aromatic N) is 4. The predicted molar refractivity (Wildman–Crippen MR) is 221 cm³/mol. The number of hydrogen-bond donors (Lipinski definition) is 4. The third-order valence-corrected chi connectivity index (χ3v) is 13.0. The molecule has 2 aromatic carbocycles. The number of amides is 4. The molecule has 4 amide bonds. The molecule has 17 heteroatoms. The number of alkyl halides is 3. The zero-order valence-electron chi connectivity index (χ0n) is 34.8. The van der Waals surface area contributed by atoms with Gasteiger partial charge in [-0.25, -0.2) is 19.6 Å². The number of nitrogens with one attached hydrogen (secondary N) is 4. The van der Waals surface area contributed by atoms with Crippen molar-refractivity contribution in [2.24, 2.45) is 11.8 Å². The molecule has 2 aromatic heterocycles. The van der Waals surface area contributed by atoms with Crippen LogP contribution in [-0.2, 0) is 25.2 Å². The molecule has 0 spiro atoms. The number of fused-ring (bicyclic) bond motifs is 1. The first-order chi connectivity index (χ1) is 29.9. The van der Waals surface area contributed by atoms with Crippen LogP contribution in [0.4, 0.5) is 22.8 Å². The summed E-state index contributed by atoms with van der Waals surface area (Å²) < 4.78 is 52.8. The third-order valence-electron chi connectivity index (χ3n) is 13.0. The van der Waals surface area contributed by atoms with E-state index < -0.39 is 47.9 Å². The first-order valence-electron chi connectivity index (χ1n) is 21.5. The molecule has 0 bridgehead atoms. The van der Waals surface area contributed by atoms with Crippen molar-refractivity contribution in [3.8, 4) is 23.1 Å².